The van der Waals surface area contributed by atoms with Crippen LogP contribution in [0.4, 0.5) is 8.78 Å². The van der Waals surface area contributed by atoms with Gasteiger partial charge < -0.3 is 4.57 Å². The SMILES string of the molecule is CC1C=Cc2c(c3ccccc3n2-c2ccc(C3C=C(F)CC(C)(F)C3)cc2)C1. The van der Waals surface area contributed by atoms with E-state index < -0.39 is 5.67 Å². The Kier molecular flexibility index (Phi) is 4.23. The summed E-state index contributed by atoms with van der Waals surface area (Å²) in [5.41, 5.74) is 4.38. The van der Waals surface area contributed by atoms with Crippen molar-refractivity contribution < 1.29 is 8.78 Å². The first-order valence-corrected chi connectivity index (χ1v) is 10.4. The van der Waals surface area contributed by atoms with Gasteiger partial charge in [0.2, 0.25) is 0 Å². The van der Waals surface area contributed by atoms with Crippen molar-refractivity contribution in [2.75, 3.05) is 0 Å². The Morgan fingerprint density at radius 3 is 2.59 bits per heavy atom. The number of para-hydroxylation sites is 1. The maximum absolute atomic E-state index is 14.5. The average molecular weight is 389 g/mol. The van der Waals surface area contributed by atoms with E-state index in [0.29, 0.717) is 12.3 Å². The molecule has 5 rings (SSSR count). The predicted molar refractivity (Wildman–Crippen MR) is 116 cm³/mol. The van der Waals surface area contributed by atoms with E-state index in [2.05, 4.69) is 60.0 Å². The Morgan fingerprint density at radius 2 is 1.83 bits per heavy atom. The second-order valence-corrected chi connectivity index (χ2v) is 8.86. The zero-order valence-electron chi connectivity index (χ0n) is 16.8. The molecule has 3 aromatic rings. The highest BCUT2D eigenvalue weighted by molar-refractivity contribution is 5.90. The summed E-state index contributed by atoms with van der Waals surface area (Å²) in [7, 11) is 0. The van der Waals surface area contributed by atoms with Crippen LogP contribution in [-0.4, -0.2) is 10.2 Å². The minimum atomic E-state index is -1.49. The molecule has 0 saturated heterocycles. The summed E-state index contributed by atoms with van der Waals surface area (Å²) in [4.78, 5) is 0. The number of benzene rings is 2. The van der Waals surface area contributed by atoms with Crippen LogP contribution in [0.25, 0.3) is 22.7 Å². The summed E-state index contributed by atoms with van der Waals surface area (Å²) >= 11 is 0. The van der Waals surface area contributed by atoms with E-state index in [0.717, 1.165) is 17.7 Å². The fourth-order valence-electron chi connectivity index (χ4n) is 4.94. The Morgan fingerprint density at radius 1 is 1.07 bits per heavy atom. The molecule has 29 heavy (non-hydrogen) atoms. The standard InChI is InChI=1S/C26H25F2N/c1-17-7-12-25-23(13-17)22-5-3-4-6-24(22)29(25)21-10-8-18(9-11-21)19-14-20(27)16-26(2,28)15-19/h3-12,14,17,19H,13,15-16H2,1-2H3. The summed E-state index contributed by atoms with van der Waals surface area (Å²) in [6.07, 6.45) is 7.32. The van der Waals surface area contributed by atoms with Gasteiger partial charge in [-0.25, -0.2) is 8.78 Å². The Hall–Kier alpha value is -2.68. The number of rotatable bonds is 2. The maximum atomic E-state index is 14.5. The normalized spacial score (nSPS) is 26.4. The molecule has 1 aromatic heterocycles. The lowest BCUT2D eigenvalue weighted by molar-refractivity contribution is 0.148. The maximum Gasteiger partial charge on any atom is 0.115 e. The molecule has 2 aromatic carbocycles. The smallest absolute Gasteiger partial charge is 0.115 e. The minimum absolute atomic E-state index is 0.117. The highest BCUT2D eigenvalue weighted by Crippen LogP contribution is 2.41. The third-order valence-corrected chi connectivity index (χ3v) is 6.27. The fraction of sp³-hybridized carbons (Fsp3) is 0.308. The van der Waals surface area contributed by atoms with E-state index in [9.17, 15) is 8.78 Å². The molecule has 0 saturated carbocycles. The number of allylic oxidation sites excluding steroid dienone is 3. The van der Waals surface area contributed by atoms with Crippen molar-refractivity contribution in [3.63, 3.8) is 0 Å². The Bertz CT molecular complexity index is 1130. The summed E-state index contributed by atoms with van der Waals surface area (Å²) in [5.74, 6) is -0.0314. The zero-order chi connectivity index (χ0) is 20.2. The van der Waals surface area contributed by atoms with Gasteiger partial charge in [-0.1, -0.05) is 43.3 Å². The van der Waals surface area contributed by atoms with Crippen molar-refractivity contribution in [2.45, 2.75) is 44.7 Å². The molecule has 2 aliphatic carbocycles. The number of nitrogens with zero attached hydrogens (tertiary/aromatic N) is 1. The van der Waals surface area contributed by atoms with E-state index in [1.807, 2.05) is 12.1 Å². The number of hydrogen-bond acceptors (Lipinski definition) is 0. The minimum Gasteiger partial charge on any atom is -0.310 e. The molecule has 0 radical (unpaired) electrons. The van der Waals surface area contributed by atoms with Crippen LogP contribution >= 0.6 is 0 Å². The van der Waals surface area contributed by atoms with Gasteiger partial charge in [-0.15, -0.1) is 0 Å². The van der Waals surface area contributed by atoms with Gasteiger partial charge in [-0.05, 0) is 67.2 Å². The van der Waals surface area contributed by atoms with Crippen LogP contribution in [0.5, 0.6) is 0 Å². The first-order chi connectivity index (χ1) is 13.9. The van der Waals surface area contributed by atoms with Gasteiger partial charge in [0.25, 0.3) is 0 Å². The largest absolute Gasteiger partial charge is 0.310 e. The van der Waals surface area contributed by atoms with Gasteiger partial charge in [0.15, 0.2) is 0 Å². The molecule has 0 bridgehead atoms. The molecular formula is C26H25F2N. The number of aromatic nitrogens is 1. The number of fused-ring (bicyclic) bond motifs is 3. The lowest BCUT2D eigenvalue weighted by atomic mass is 9.81. The first-order valence-electron chi connectivity index (χ1n) is 10.4. The average Bonchev–Trinajstić information content (AvgIpc) is 3.00. The third-order valence-electron chi connectivity index (χ3n) is 6.27. The van der Waals surface area contributed by atoms with Crippen LogP contribution in [0.2, 0.25) is 0 Å². The molecule has 3 unspecified atom stereocenters. The lowest BCUT2D eigenvalue weighted by Gasteiger charge is -2.29. The third kappa shape index (κ3) is 3.23. The van der Waals surface area contributed by atoms with E-state index >= 15 is 0 Å². The zero-order valence-corrected chi connectivity index (χ0v) is 16.8. The van der Waals surface area contributed by atoms with Gasteiger partial charge in [-0.2, -0.15) is 0 Å². The van der Waals surface area contributed by atoms with Crippen molar-refractivity contribution in [1.82, 2.24) is 4.57 Å². The molecular weight excluding hydrogens is 364 g/mol. The fourth-order valence-corrected chi connectivity index (χ4v) is 4.94. The molecule has 0 aliphatic heterocycles. The summed E-state index contributed by atoms with van der Waals surface area (Å²) in [6.45, 7) is 3.74. The van der Waals surface area contributed by atoms with Gasteiger partial charge in [0.1, 0.15) is 5.67 Å². The summed E-state index contributed by atoms with van der Waals surface area (Å²) < 4.78 is 30.7. The van der Waals surface area contributed by atoms with E-state index in [1.165, 1.54) is 29.1 Å². The van der Waals surface area contributed by atoms with Crippen LogP contribution in [0.15, 0.2) is 66.5 Å². The van der Waals surface area contributed by atoms with Crippen LogP contribution in [0, 0.1) is 5.92 Å². The quantitative estimate of drug-likeness (QED) is 0.433. The molecule has 2 aliphatic rings. The molecule has 0 spiro atoms. The van der Waals surface area contributed by atoms with E-state index in [-0.39, 0.29) is 18.2 Å². The van der Waals surface area contributed by atoms with Crippen molar-refractivity contribution in [3.05, 3.63) is 83.3 Å². The number of halogens is 2. The van der Waals surface area contributed by atoms with Crippen molar-refractivity contribution in [3.8, 4) is 5.69 Å². The second-order valence-electron chi connectivity index (χ2n) is 8.86. The van der Waals surface area contributed by atoms with Gasteiger partial charge in [-0.3, -0.25) is 0 Å². The molecule has 1 heterocycles. The highest BCUT2D eigenvalue weighted by Gasteiger charge is 2.33. The lowest BCUT2D eigenvalue weighted by Crippen LogP contribution is -2.25. The van der Waals surface area contributed by atoms with E-state index in [1.54, 1.807) is 6.08 Å². The molecule has 0 amide bonds. The number of hydrogen-bond donors (Lipinski definition) is 0. The molecule has 0 fully saturated rings. The molecule has 0 N–H and O–H groups in total. The van der Waals surface area contributed by atoms with Gasteiger partial charge in [0, 0.05) is 29.1 Å². The predicted octanol–water partition coefficient (Wildman–Crippen LogP) is 7.29. The van der Waals surface area contributed by atoms with Gasteiger partial charge >= 0.3 is 0 Å². The van der Waals surface area contributed by atoms with Crippen molar-refractivity contribution in [2.24, 2.45) is 5.92 Å². The summed E-state index contributed by atoms with van der Waals surface area (Å²) in [5, 5.41) is 1.30. The van der Waals surface area contributed by atoms with Crippen LogP contribution in [0.3, 0.4) is 0 Å². The Labute approximate surface area is 170 Å². The van der Waals surface area contributed by atoms with Crippen LogP contribution in [-0.2, 0) is 6.42 Å². The van der Waals surface area contributed by atoms with Crippen molar-refractivity contribution >= 4 is 17.0 Å². The second kappa shape index (κ2) is 6.69. The van der Waals surface area contributed by atoms with E-state index in [4.69, 9.17) is 0 Å². The molecule has 1 nitrogen and oxygen atoms in total. The molecule has 148 valence electrons. The van der Waals surface area contributed by atoms with Crippen LogP contribution in [0.1, 0.15) is 49.4 Å². The summed E-state index contributed by atoms with van der Waals surface area (Å²) in [6, 6.07) is 16.7. The topological polar surface area (TPSA) is 4.93 Å². The molecule has 3 heteroatoms. The van der Waals surface area contributed by atoms with Gasteiger partial charge in [0.05, 0.1) is 11.3 Å². The van der Waals surface area contributed by atoms with Crippen LogP contribution < -0.4 is 0 Å². The Balaban J connectivity index is 1.58. The monoisotopic (exact) mass is 389 g/mol. The first kappa shape index (κ1) is 18.4. The highest BCUT2D eigenvalue weighted by atomic mass is 19.1. The van der Waals surface area contributed by atoms with Crippen molar-refractivity contribution in [1.29, 1.82) is 0 Å². The number of alkyl halides is 1. The molecule has 3 atom stereocenters.